The summed E-state index contributed by atoms with van der Waals surface area (Å²) in [5, 5.41) is 14.8. The Morgan fingerprint density at radius 1 is 1.26 bits per heavy atom. The average Bonchev–Trinajstić information content (AvgIpc) is 2.50. The van der Waals surface area contributed by atoms with Gasteiger partial charge in [0, 0.05) is 5.69 Å². The highest BCUT2D eigenvalue weighted by molar-refractivity contribution is 5.94. The zero-order chi connectivity index (χ0) is 17.2. The molecule has 0 bridgehead atoms. The lowest BCUT2D eigenvalue weighted by molar-refractivity contribution is -0.141. The number of nitrogens with zero attached hydrogens (tertiary/aromatic N) is 1. The molecule has 0 aliphatic carbocycles. The molecule has 1 rings (SSSR count). The van der Waals surface area contributed by atoms with Gasteiger partial charge in [-0.2, -0.15) is 0 Å². The fraction of sp³-hybridized carbons (Fsp3) is 0.500. The molecule has 0 aliphatic heterocycles. The summed E-state index contributed by atoms with van der Waals surface area (Å²) in [7, 11) is 5.47. The van der Waals surface area contributed by atoms with Crippen LogP contribution >= 0.6 is 0 Å². The molecule has 1 amide bonds. The second-order valence-corrected chi connectivity index (χ2v) is 5.48. The maximum absolute atomic E-state index is 12.0. The maximum atomic E-state index is 12.0. The van der Waals surface area contributed by atoms with Gasteiger partial charge in [0.2, 0.25) is 5.91 Å². The van der Waals surface area contributed by atoms with Crippen molar-refractivity contribution in [3.05, 3.63) is 24.3 Å². The predicted molar refractivity (Wildman–Crippen MR) is 88.8 cm³/mol. The van der Waals surface area contributed by atoms with Crippen LogP contribution in [0.1, 0.15) is 12.8 Å². The average molecular weight is 323 g/mol. The molecule has 3 N–H and O–H groups in total. The number of aliphatic carboxylic acids is 1. The molecule has 1 unspecified atom stereocenters. The van der Waals surface area contributed by atoms with Gasteiger partial charge < -0.3 is 25.4 Å². The third-order valence-electron chi connectivity index (χ3n) is 3.23. The number of anilines is 1. The molecule has 128 valence electrons. The van der Waals surface area contributed by atoms with Gasteiger partial charge in [-0.05, 0) is 57.9 Å². The van der Waals surface area contributed by atoms with Crippen molar-refractivity contribution in [2.75, 3.05) is 39.6 Å². The van der Waals surface area contributed by atoms with Gasteiger partial charge in [0.1, 0.15) is 11.8 Å². The highest BCUT2D eigenvalue weighted by Gasteiger charge is 2.20. The minimum atomic E-state index is -1.03. The van der Waals surface area contributed by atoms with E-state index < -0.39 is 12.0 Å². The SMILES string of the molecule is COc1ccc(NC(=O)CC(NCCCN(C)C)C(=O)O)cc1. The predicted octanol–water partition coefficient (Wildman–Crippen LogP) is 1.02. The molecule has 0 saturated heterocycles. The van der Waals surface area contributed by atoms with E-state index in [9.17, 15) is 14.7 Å². The van der Waals surface area contributed by atoms with Crippen molar-refractivity contribution >= 4 is 17.6 Å². The van der Waals surface area contributed by atoms with Crippen LogP contribution in [-0.4, -0.2) is 62.2 Å². The molecule has 0 aromatic heterocycles. The first kappa shape index (κ1) is 18.9. The van der Waals surface area contributed by atoms with Gasteiger partial charge in [0.25, 0.3) is 0 Å². The summed E-state index contributed by atoms with van der Waals surface area (Å²) >= 11 is 0. The van der Waals surface area contributed by atoms with E-state index in [1.165, 1.54) is 0 Å². The molecule has 7 nitrogen and oxygen atoms in total. The highest BCUT2D eigenvalue weighted by atomic mass is 16.5. The van der Waals surface area contributed by atoms with Gasteiger partial charge in [-0.15, -0.1) is 0 Å². The van der Waals surface area contributed by atoms with Gasteiger partial charge in [0.05, 0.1) is 13.5 Å². The molecule has 1 aromatic carbocycles. The Balaban J connectivity index is 2.45. The van der Waals surface area contributed by atoms with Crippen LogP contribution in [-0.2, 0) is 9.59 Å². The first-order valence-electron chi connectivity index (χ1n) is 7.47. The van der Waals surface area contributed by atoms with Crippen LogP contribution in [0.5, 0.6) is 5.75 Å². The molecule has 0 heterocycles. The van der Waals surface area contributed by atoms with Gasteiger partial charge in [-0.1, -0.05) is 0 Å². The summed E-state index contributed by atoms with van der Waals surface area (Å²) in [5.41, 5.74) is 0.604. The van der Waals surface area contributed by atoms with E-state index in [2.05, 4.69) is 10.6 Å². The van der Waals surface area contributed by atoms with Crippen molar-refractivity contribution in [1.82, 2.24) is 10.2 Å². The van der Waals surface area contributed by atoms with Crippen molar-refractivity contribution in [3.63, 3.8) is 0 Å². The van der Waals surface area contributed by atoms with E-state index in [1.807, 2.05) is 19.0 Å². The van der Waals surface area contributed by atoms with Crippen LogP contribution in [0.25, 0.3) is 0 Å². The zero-order valence-corrected chi connectivity index (χ0v) is 13.8. The van der Waals surface area contributed by atoms with Crippen LogP contribution in [0.15, 0.2) is 24.3 Å². The van der Waals surface area contributed by atoms with E-state index in [0.717, 1.165) is 13.0 Å². The van der Waals surface area contributed by atoms with Crippen molar-refractivity contribution in [2.24, 2.45) is 0 Å². The summed E-state index contributed by atoms with van der Waals surface area (Å²) in [5.74, 6) is -0.684. The quantitative estimate of drug-likeness (QED) is 0.557. The standard InChI is InChI=1S/C16H25N3O4/c1-19(2)10-4-9-17-14(16(21)22)11-15(20)18-12-5-7-13(23-3)8-6-12/h5-8,14,17H,4,9-11H2,1-3H3,(H,18,20)(H,21,22). The lowest BCUT2D eigenvalue weighted by atomic mass is 10.2. The fourth-order valence-corrected chi connectivity index (χ4v) is 1.99. The smallest absolute Gasteiger partial charge is 0.321 e. The highest BCUT2D eigenvalue weighted by Crippen LogP contribution is 2.15. The Labute approximate surface area is 136 Å². The Morgan fingerprint density at radius 2 is 1.91 bits per heavy atom. The van der Waals surface area contributed by atoms with Gasteiger partial charge in [-0.3, -0.25) is 9.59 Å². The molecule has 1 aromatic rings. The lowest BCUT2D eigenvalue weighted by Gasteiger charge is -2.15. The van der Waals surface area contributed by atoms with Crippen LogP contribution in [0.4, 0.5) is 5.69 Å². The van der Waals surface area contributed by atoms with Crippen LogP contribution in [0.3, 0.4) is 0 Å². The third kappa shape index (κ3) is 7.62. The molecular formula is C16H25N3O4. The number of nitrogens with one attached hydrogen (secondary N) is 2. The minimum absolute atomic E-state index is 0.122. The summed E-state index contributed by atoms with van der Waals surface area (Å²) < 4.78 is 5.04. The molecule has 1 atom stereocenters. The first-order chi connectivity index (χ1) is 10.9. The fourth-order valence-electron chi connectivity index (χ4n) is 1.99. The number of amides is 1. The van der Waals surface area contributed by atoms with E-state index in [-0.39, 0.29) is 12.3 Å². The summed E-state index contributed by atoms with van der Waals surface area (Å²) in [6, 6.07) is 5.97. The van der Waals surface area contributed by atoms with E-state index in [0.29, 0.717) is 18.0 Å². The molecular weight excluding hydrogens is 298 g/mol. The van der Waals surface area contributed by atoms with E-state index in [1.54, 1.807) is 31.4 Å². The zero-order valence-electron chi connectivity index (χ0n) is 13.8. The topological polar surface area (TPSA) is 90.9 Å². The van der Waals surface area contributed by atoms with Crippen molar-refractivity contribution in [3.8, 4) is 5.75 Å². The van der Waals surface area contributed by atoms with Crippen molar-refractivity contribution in [1.29, 1.82) is 0 Å². The number of methoxy groups -OCH3 is 1. The van der Waals surface area contributed by atoms with Gasteiger partial charge in [-0.25, -0.2) is 0 Å². The molecule has 0 saturated carbocycles. The summed E-state index contributed by atoms with van der Waals surface area (Å²) in [6.45, 7) is 1.41. The number of carbonyl (C=O) groups excluding carboxylic acids is 1. The van der Waals surface area contributed by atoms with Crippen LogP contribution in [0, 0.1) is 0 Å². The number of ether oxygens (including phenoxy) is 1. The molecule has 0 radical (unpaired) electrons. The molecule has 23 heavy (non-hydrogen) atoms. The van der Waals surface area contributed by atoms with Crippen molar-refractivity contribution < 1.29 is 19.4 Å². The lowest BCUT2D eigenvalue weighted by Crippen LogP contribution is -2.40. The van der Waals surface area contributed by atoms with E-state index in [4.69, 9.17) is 4.74 Å². The maximum Gasteiger partial charge on any atom is 0.321 e. The van der Waals surface area contributed by atoms with E-state index >= 15 is 0 Å². The number of carboxylic acid groups (broad SMARTS) is 1. The molecule has 0 aliphatic rings. The number of rotatable bonds is 10. The number of carboxylic acids is 1. The normalized spacial score (nSPS) is 12.0. The molecule has 7 heteroatoms. The van der Waals surface area contributed by atoms with Gasteiger partial charge >= 0.3 is 5.97 Å². The number of benzene rings is 1. The third-order valence-corrected chi connectivity index (χ3v) is 3.23. The first-order valence-corrected chi connectivity index (χ1v) is 7.47. The van der Waals surface area contributed by atoms with Crippen LogP contribution in [0.2, 0.25) is 0 Å². The number of carbonyl (C=O) groups is 2. The Hall–Kier alpha value is -2.12. The Bertz CT molecular complexity index is 503. The van der Waals surface area contributed by atoms with Crippen molar-refractivity contribution in [2.45, 2.75) is 18.9 Å². The number of hydrogen-bond acceptors (Lipinski definition) is 5. The van der Waals surface area contributed by atoms with Crippen LogP contribution < -0.4 is 15.4 Å². The second-order valence-electron chi connectivity index (χ2n) is 5.48. The Kier molecular flexibility index (Phi) is 8.07. The van der Waals surface area contributed by atoms with Gasteiger partial charge in [0.15, 0.2) is 0 Å². The minimum Gasteiger partial charge on any atom is -0.497 e. The summed E-state index contributed by atoms with van der Waals surface area (Å²) in [4.78, 5) is 25.2. The molecule has 0 fully saturated rings. The largest absolute Gasteiger partial charge is 0.497 e. The molecule has 0 spiro atoms. The number of hydrogen-bond donors (Lipinski definition) is 3. The monoisotopic (exact) mass is 323 g/mol. The Morgan fingerprint density at radius 3 is 2.43 bits per heavy atom. The summed E-state index contributed by atoms with van der Waals surface area (Å²) in [6.07, 6.45) is 0.695. The second kappa shape index (κ2) is 9.81.